The summed E-state index contributed by atoms with van der Waals surface area (Å²) < 4.78 is 8.37. The molecule has 0 saturated heterocycles. The van der Waals surface area contributed by atoms with E-state index in [0.29, 0.717) is 5.78 Å². The summed E-state index contributed by atoms with van der Waals surface area (Å²) in [6, 6.07) is 16.2. The Labute approximate surface area is 164 Å². The summed E-state index contributed by atoms with van der Waals surface area (Å²) in [5.41, 5.74) is 4.03. The average molecular weight is 426 g/mol. The minimum Gasteiger partial charge on any atom is -0.497 e. The molecule has 4 rings (SSSR count). The summed E-state index contributed by atoms with van der Waals surface area (Å²) in [5.74, 6) is 1.50. The van der Waals surface area contributed by atoms with Gasteiger partial charge in [-0.25, -0.2) is 9.97 Å². The minimum atomic E-state index is 0.679. The molecule has 0 spiro atoms. The number of halogens is 1. The van der Waals surface area contributed by atoms with E-state index < -0.39 is 0 Å². The maximum atomic E-state index is 5.27. The number of fused-ring (bicyclic) bond motifs is 1. The lowest BCUT2D eigenvalue weighted by Gasteiger charge is -2.09. The summed E-state index contributed by atoms with van der Waals surface area (Å²) in [4.78, 5) is 10.4. The molecule has 0 fully saturated rings. The minimum absolute atomic E-state index is 0.679. The second-order valence-electron chi connectivity index (χ2n) is 5.68. The number of aromatic nitrogens is 3. The number of ether oxygens (including phenoxy) is 1. The lowest BCUT2D eigenvalue weighted by molar-refractivity contribution is 0.415. The zero-order valence-corrected chi connectivity index (χ0v) is 16.7. The number of hydrogen-bond acceptors (Lipinski definition) is 4. The highest BCUT2D eigenvalue weighted by molar-refractivity contribution is 9.10. The number of hydrogen-bond donors (Lipinski definition) is 0. The highest BCUT2D eigenvalue weighted by atomic mass is 79.9. The predicted octanol–water partition coefficient (Wildman–Crippen LogP) is 5.56. The van der Waals surface area contributed by atoms with Crippen molar-refractivity contribution < 1.29 is 4.74 Å². The van der Waals surface area contributed by atoms with Crippen LogP contribution in [0.1, 0.15) is 0 Å². The van der Waals surface area contributed by atoms with Crippen LogP contribution in [0.3, 0.4) is 0 Å². The van der Waals surface area contributed by atoms with Crippen LogP contribution in [0.4, 0.5) is 0 Å². The fourth-order valence-corrected chi connectivity index (χ4v) is 4.25. The molecule has 2 aromatic carbocycles. The van der Waals surface area contributed by atoms with Crippen molar-refractivity contribution in [2.75, 3.05) is 13.4 Å². The molecule has 130 valence electrons. The van der Waals surface area contributed by atoms with Crippen LogP contribution in [0.25, 0.3) is 28.3 Å². The van der Waals surface area contributed by atoms with Crippen molar-refractivity contribution >= 4 is 33.5 Å². The summed E-state index contributed by atoms with van der Waals surface area (Å²) in [6.07, 6.45) is 5.82. The van der Waals surface area contributed by atoms with Gasteiger partial charge in [0, 0.05) is 32.9 Å². The quantitative estimate of drug-likeness (QED) is 0.401. The SMILES string of the molecule is COc1ccc(-c2nc3ncccn3c2-c2ccc(SC)c(Br)c2)cc1. The fraction of sp³-hybridized carbons (Fsp3) is 0.100. The molecule has 0 saturated carbocycles. The van der Waals surface area contributed by atoms with E-state index in [-0.39, 0.29) is 0 Å². The first kappa shape index (κ1) is 17.1. The molecular formula is C20H16BrN3OS. The topological polar surface area (TPSA) is 39.4 Å². The van der Waals surface area contributed by atoms with Crippen molar-refractivity contribution in [2.45, 2.75) is 4.90 Å². The van der Waals surface area contributed by atoms with E-state index in [1.165, 1.54) is 4.90 Å². The second kappa shape index (κ2) is 7.13. The molecular weight excluding hydrogens is 410 g/mol. The highest BCUT2D eigenvalue weighted by Crippen LogP contribution is 2.36. The molecule has 4 nitrogen and oxygen atoms in total. The third-order valence-corrected chi connectivity index (χ3v) is 5.91. The third-order valence-electron chi connectivity index (χ3n) is 4.19. The van der Waals surface area contributed by atoms with Gasteiger partial charge in [0.2, 0.25) is 5.78 Å². The van der Waals surface area contributed by atoms with Crippen molar-refractivity contribution in [1.82, 2.24) is 14.4 Å². The van der Waals surface area contributed by atoms with Crippen LogP contribution in [0.5, 0.6) is 5.75 Å². The molecule has 0 N–H and O–H groups in total. The average Bonchev–Trinajstić information content (AvgIpc) is 3.07. The van der Waals surface area contributed by atoms with Gasteiger partial charge in [-0.2, -0.15) is 0 Å². The smallest absolute Gasteiger partial charge is 0.234 e. The van der Waals surface area contributed by atoms with Gasteiger partial charge in [0.15, 0.2) is 0 Å². The number of imidazole rings is 1. The van der Waals surface area contributed by atoms with Gasteiger partial charge in [-0.15, -0.1) is 11.8 Å². The monoisotopic (exact) mass is 425 g/mol. The second-order valence-corrected chi connectivity index (χ2v) is 7.38. The van der Waals surface area contributed by atoms with E-state index in [0.717, 1.165) is 32.7 Å². The lowest BCUT2D eigenvalue weighted by Crippen LogP contribution is -1.91. The van der Waals surface area contributed by atoms with Crippen LogP contribution in [-0.2, 0) is 0 Å². The van der Waals surface area contributed by atoms with Gasteiger partial charge >= 0.3 is 0 Å². The van der Waals surface area contributed by atoms with Gasteiger partial charge in [-0.3, -0.25) is 4.40 Å². The summed E-state index contributed by atoms with van der Waals surface area (Å²) in [6.45, 7) is 0. The maximum Gasteiger partial charge on any atom is 0.234 e. The van der Waals surface area contributed by atoms with Crippen molar-refractivity contribution in [3.63, 3.8) is 0 Å². The zero-order chi connectivity index (χ0) is 18.1. The first-order chi connectivity index (χ1) is 12.7. The molecule has 0 aliphatic carbocycles. The first-order valence-electron chi connectivity index (χ1n) is 8.02. The molecule has 0 radical (unpaired) electrons. The van der Waals surface area contributed by atoms with E-state index in [4.69, 9.17) is 9.72 Å². The Balaban J connectivity index is 1.96. The molecule has 6 heteroatoms. The summed E-state index contributed by atoms with van der Waals surface area (Å²) in [7, 11) is 1.67. The van der Waals surface area contributed by atoms with E-state index in [2.05, 4.69) is 45.4 Å². The molecule has 0 atom stereocenters. The van der Waals surface area contributed by atoms with Crippen molar-refractivity contribution in [3.05, 3.63) is 65.4 Å². The van der Waals surface area contributed by atoms with Crippen LogP contribution < -0.4 is 4.74 Å². The zero-order valence-electron chi connectivity index (χ0n) is 14.3. The van der Waals surface area contributed by atoms with Crippen LogP contribution in [-0.4, -0.2) is 27.7 Å². The van der Waals surface area contributed by atoms with Crippen LogP contribution in [0, 0.1) is 0 Å². The predicted molar refractivity (Wildman–Crippen MR) is 110 cm³/mol. The van der Waals surface area contributed by atoms with Crippen LogP contribution in [0.15, 0.2) is 70.3 Å². The lowest BCUT2D eigenvalue weighted by atomic mass is 10.0. The summed E-state index contributed by atoms with van der Waals surface area (Å²) >= 11 is 5.39. The molecule has 2 heterocycles. The molecule has 4 aromatic rings. The molecule has 0 bridgehead atoms. The largest absolute Gasteiger partial charge is 0.497 e. The Bertz CT molecular complexity index is 1080. The number of methoxy groups -OCH3 is 1. The Morgan fingerprint density at radius 3 is 2.54 bits per heavy atom. The standard InChI is InChI=1S/C20H16BrN3OS/c1-25-15-7-4-13(5-8-15)18-19(24-11-3-10-22-20(24)23-18)14-6-9-17(26-2)16(21)12-14/h3-12H,1-2H3. The van der Waals surface area contributed by atoms with Gasteiger partial charge < -0.3 is 4.74 Å². The maximum absolute atomic E-state index is 5.27. The Hall–Kier alpha value is -2.31. The highest BCUT2D eigenvalue weighted by Gasteiger charge is 2.17. The van der Waals surface area contributed by atoms with Gasteiger partial charge in [-0.05, 0) is 64.7 Å². The first-order valence-corrected chi connectivity index (χ1v) is 10.0. The van der Waals surface area contributed by atoms with Crippen LogP contribution in [0.2, 0.25) is 0 Å². The summed E-state index contributed by atoms with van der Waals surface area (Å²) in [5, 5.41) is 0. The van der Waals surface area contributed by atoms with Crippen molar-refractivity contribution in [3.8, 4) is 28.3 Å². The molecule has 0 aliphatic heterocycles. The Morgan fingerprint density at radius 2 is 1.85 bits per heavy atom. The van der Waals surface area contributed by atoms with Gasteiger partial charge in [0.25, 0.3) is 0 Å². The molecule has 26 heavy (non-hydrogen) atoms. The Morgan fingerprint density at radius 1 is 1.08 bits per heavy atom. The molecule has 0 aliphatic rings. The van der Waals surface area contributed by atoms with Crippen LogP contribution >= 0.6 is 27.7 Å². The molecule has 2 aromatic heterocycles. The molecule has 0 amide bonds. The van der Waals surface area contributed by atoms with Crippen molar-refractivity contribution in [2.24, 2.45) is 0 Å². The fourth-order valence-electron chi connectivity index (χ4n) is 2.93. The number of rotatable bonds is 4. The molecule has 0 unspecified atom stereocenters. The third kappa shape index (κ3) is 2.99. The normalized spacial score (nSPS) is 11.0. The van der Waals surface area contributed by atoms with E-state index in [1.807, 2.05) is 40.9 Å². The van der Waals surface area contributed by atoms with E-state index in [9.17, 15) is 0 Å². The number of thioether (sulfide) groups is 1. The van der Waals surface area contributed by atoms with Gasteiger partial charge in [-0.1, -0.05) is 6.07 Å². The number of benzene rings is 2. The Kier molecular flexibility index (Phi) is 4.70. The van der Waals surface area contributed by atoms with E-state index in [1.54, 1.807) is 25.1 Å². The van der Waals surface area contributed by atoms with Gasteiger partial charge in [0.05, 0.1) is 18.5 Å². The van der Waals surface area contributed by atoms with Gasteiger partial charge in [0.1, 0.15) is 5.75 Å². The van der Waals surface area contributed by atoms with E-state index >= 15 is 0 Å². The van der Waals surface area contributed by atoms with Crippen molar-refractivity contribution in [1.29, 1.82) is 0 Å². The number of nitrogens with zero attached hydrogens (tertiary/aromatic N) is 3.